The van der Waals surface area contributed by atoms with Gasteiger partial charge in [0.05, 0.1) is 4.99 Å². The molecule has 0 aliphatic heterocycles. The van der Waals surface area contributed by atoms with Crippen LogP contribution in [0.15, 0.2) is 30.3 Å². The fourth-order valence-electron chi connectivity index (χ4n) is 1.19. The highest BCUT2D eigenvalue weighted by Crippen LogP contribution is 2.27. The Morgan fingerprint density at radius 2 is 1.75 bits per heavy atom. The maximum atomic E-state index is 12.9. The van der Waals surface area contributed by atoms with Gasteiger partial charge in [-0.25, -0.2) is 8.78 Å². The number of benzene rings is 1. The van der Waals surface area contributed by atoms with E-state index >= 15 is 0 Å². The summed E-state index contributed by atoms with van der Waals surface area (Å²) in [5.41, 5.74) is 11.9. The molecule has 2 nitrogen and oxygen atoms in total. The third-order valence-corrected chi connectivity index (χ3v) is 2.14. The van der Waals surface area contributed by atoms with Gasteiger partial charge in [0.1, 0.15) is 0 Å². The Balaban J connectivity index is 3.00. The summed E-state index contributed by atoms with van der Waals surface area (Å²) in [4.78, 5) is 0.155. The lowest BCUT2D eigenvalue weighted by Crippen LogP contribution is -2.09. The van der Waals surface area contributed by atoms with Crippen LogP contribution in [0.3, 0.4) is 0 Å². The van der Waals surface area contributed by atoms with Crippen LogP contribution in [0.2, 0.25) is 0 Å². The summed E-state index contributed by atoms with van der Waals surface area (Å²) in [5, 5.41) is 0. The lowest BCUT2D eigenvalue weighted by atomic mass is 10.1. The van der Waals surface area contributed by atoms with Gasteiger partial charge in [-0.05, 0) is 11.6 Å². The highest BCUT2D eigenvalue weighted by Gasteiger charge is 2.23. The van der Waals surface area contributed by atoms with Gasteiger partial charge < -0.3 is 11.5 Å². The largest absolute Gasteiger partial charge is 0.398 e. The Hall–Kier alpha value is -1.49. The summed E-state index contributed by atoms with van der Waals surface area (Å²) in [6.45, 7) is 0.843. The van der Waals surface area contributed by atoms with Crippen LogP contribution in [0.25, 0.3) is 5.70 Å². The molecule has 1 aromatic rings. The van der Waals surface area contributed by atoms with Crippen molar-refractivity contribution < 1.29 is 8.78 Å². The number of hydrogen-bond donors (Lipinski definition) is 2. The zero-order valence-corrected chi connectivity index (χ0v) is 9.52. The van der Waals surface area contributed by atoms with E-state index in [0.717, 1.165) is 6.92 Å². The van der Waals surface area contributed by atoms with Crippen molar-refractivity contribution in [2.24, 2.45) is 11.5 Å². The summed E-state index contributed by atoms with van der Waals surface area (Å²) in [7, 11) is 0. The number of rotatable bonds is 3. The van der Waals surface area contributed by atoms with Crippen LogP contribution in [0.5, 0.6) is 0 Å². The number of nitrogens with two attached hydrogens (primary N) is 2. The fraction of sp³-hybridized carbons (Fsp3) is 0.182. The number of hydrogen-bond acceptors (Lipinski definition) is 2. The Morgan fingerprint density at radius 3 is 2.12 bits per heavy atom. The third-order valence-electron chi connectivity index (χ3n) is 2.02. The summed E-state index contributed by atoms with van der Waals surface area (Å²) >= 11 is 4.66. The van der Waals surface area contributed by atoms with Gasteiger partial charge in [-0.1, -0.05) is 36.5 Å². The average molecular weight is 242 g/mol. The normalized spacial score (nSPS) is 12.6. The van der Waals surface area contributed by atoms with Gasteiger partial charge in [0.25, 0.3) is 5.92 Å². The molecule has 1 rings (SSSR count). The van der Waals surface area contributed by atoms with E-state index in [4.69, 9.17) is 11.5 Å². The maximum Gasteiger partial charge on any atom is 0.270 e. The molecule has 0 fully saturated rings. The van der Waals surface area contributed by atoms with Crippen molar-refractivity contribution in [1.29, 1.82) is 0 Å². The molecule has 0 radical (unpaired) electrons. The van der Waals surface area contributed by atoms with E-state index in [0.29, 0.717) is 11.3 Å². The van der Waals surface area contributed by atoms with E-state index in [9.17, 15) is 8.78 Å². The van der Waals surface area contributed by atoms with Crippen LogP contribution in [-0.4, -0.2) is 4.99 Å². The minimum Gasteiger partial charge on any atom is -0.398 e. The Bertz CT molecular complexity index is 419. The molecular weight excluding hydrogens is 230 g/mol. The Morgan fingerprint density at radius 1 is 1.25 bits per heavy atom. The molecule has 0 atom stereocenters. The highest BCUT2D eigenvalue weighted by molar-refractivity contribution is 7.80. The van der Waals surface area contributed by atoms with Crippen molar-refractivity contribution >= 4 is 22.9 Å². The predicted octanol–water partition coefficient (Wildman–Crippen LogP) is 2.38. The Kier molecular flexibility index (Phi) is 3.59. The first-order chi connectivity index (χ1) is 7.30. The molecule has 0 spiro atoms. The van der Waals surface area contributed by atoms with Gasteiger partial charge in [-0.2, -0.15) is 0 Å². The second-order valence-corrected chi connectivity index (χ2v) is 3.94. The molecule has 0 unspecified atom stereocenters. The quantitative estimate of drug-likeness (QED) is 0.632. The molecule has 16 heavy (non-hydrogen) atoms. The average Bonchev–Trinajstić information content (AvgIpc) is 2.15. The fourth-order valence-corrected chi connectivity index (χ4v) is 1.32. The van der Waals surface area contributed by atoms with Crippen molar-refractivity contribution in [3.8, 4) is 0 Å². The van der Waals surface area contributed by atoms with Gasteiger partial charge in [0.15, 0.2) is 0 Å². The van der Waals surface area contributed by atoms with Gasteiger partial charge in [0, 0.05) is 18.2 Å². The van der Waals surface area contributed by atoms with Crippen LogP contribution < -0.4 is 11.5 Å². The van der Waals surface area contributed by atoms with Gasteiger partial charge in [0.2, 0.25) is 0 Å². The van der Waals surface area contributed by atoms with Crippen molar-refractivity contribution in [3.63, 3.8) is 0 Å². The number of halogens is 2. The summed E-state index contributed by atoms with van der Waals surface area (Å²) in [6.07, 6.45) is 1.41. The zero-order chi connectivity index (χ0) is 12.3. The monoisotopic (exact) mass is 242 g/mol. The maximum absolute atomic E-state index is 12.9. The van der Waals surface area contributed by atoms with Crippen LogP contribution in [0, 0.1) is 0 Å². The van der Waals surface area contributed by atoms with Gasteiger partial charge in [-0.15, -0.1) is 0 Å². The lowest BCUT2D eigenvalue weighted by Gasteiger charge is -2.11. The molecule has 1 aromatic carbocycles. The van der Waals surface area contributed by atoms with Crippen LogP contribution in [0.4, 0.5) is 8.78 Å². The number of alkyl halides is 2. The molecule has 4 N–H and O–H groups in total. The van der Waals surface area contributed by atoms with Gasteiger partial charge >= 0.3 is 0 Å². The summed E-state index contributed by atoms with van der Waals surface area (Å²) in [5.74, 6) is -2.85. The topological polar surface area (TPSA) is 52.0 Å². The molecular formula is C11H12F2N2S. The molecule has 0 aliphatic carbocycles. The first-order valence-corrected chi connectivity index (χ1v) is 4.97. The second-order valence-electron chi connectivity index (χ2n) is 3.47. The third kappa shape index (κ3) is 3.27. The standard InChI is InChI=1S/C11H12F2N2S/c1-11(12,13)8-4-2-7(3-5-8)9(14)6-10(15)16/h2-6H,14H2,1H3,(H2,15,16)/b9-6+. The second kappa shape index (κ2) is 4.57. The molecule has 0 aliphatic rings. The van der Waals surface area contributed by atoms with Crippen molar-refractivity contribution in [3.05, 3.63) is 41.5 Å². The van der Waals surface area contributed by atoms with Crippen molar-refractivity contribution in [1.82, 2.24) is 0 Å². The zero-order valence-electron chi connectivity index (χ0n) is 8.71. The van der Waals surface area contributed by atoms with Crippen LogP contribution >= 0.6 is 12.2 Å². The molecule has 0 saturated heterocycles. The van der Waals surface area contributed by atoms with Crippen LogP contribution in [-0.2, 0) is 5.92 Å². The minimum atomic E-state index is -2.85. The Labute approximate surface area is 97.9 Å². The molecule has 0 amide bonds. The highest BCUT2D eigenvalue weighted by atomic mass is 32.1. The van der Waals surface area contributed by atoms with Crippen molar-refractivity contribution in [2.75, 3.05) is 0 Å². The smallest absolute Gasteiger partial charge is 0.270 e. The van der Waals surface area contributed by atoms with Crippen molar-refractivity contribution in [2.45, 2.75) is 12.8 Å². The van der Waals surface area contributed by atoms with E-state index in [1.165, 1.54) is 30.3 Å². The molecule has 0 aromatic heterocycles. The molecule has 0 saturated carbocycles. The van der Waals surface area contributed by atoms with E-state index in [1.807, 2.05) is 0 Å². The lowest BCUT2D eigenvalue weighted by molar-refractivity contribution is 0.0175. The van der Waals surface area contributed by atoms with Crippen LogP contribution in [0.1, 0.15) is 18.1 Å². The molecule has 5 heteroatoms. The predicted molar refractivity (Wildman–Crippen MR) is 65.0 cm³/mol. The van der Waals surface area contributed by atoms with E-state index in [1.54, 1.807) is 0 Å². The molecule has 0 heterocycles. The van der Waals surface area contributed by atoms with Gasteiger partial charge in [-0.3, -0.25) is 0 Å². The molecule has 0 bridgehead atoms. The van der Waals surface area contributed by atoms with E-state index in [-0.39, 0.29) is 10.6 Å². The van der Waals surface area contributed by atoms with E-state index < -0.39 is 5.92 Å². The first-order valence-electron chi connectivity index (χ1n) is 4.56. The summed E-state index contributed by atoms with van der Waals surface area (Å²) < 4.78 is 25.8. The summed E-state index contributed by atoms with van der Waals surface area (Å²) in [6, 6.07) is 5.68. The molecule has 86 valence electrons. The SMILES string of the molecule is CC(F)(F)c1ccc(/C(N)=C\C(N)=S)cc1. The number of thiocarbonyl (C=S) groups is 1. The first kappa shape index (κ1) is 12.6. The minimum absolute atomic E-state index is 0.0561. The van der Waals surface area contributed by atoms with E-state index in [2.05, 4.69) is 12.2 Å².